The number of benzene rings is 2. The summed E-state index contributed by atoms with van der Waals surface area (Å²) in [5.41, 5.74) is 1.28. The van der Waals surface area contributed by atoms with Crippen LogP contribution < -0.4 is 9.47 Å². The molecule has 6 nitrogen and oxygen atoms in total. The third-order valence-corrected chi connectivity index (χ3v) is 5.15. The molecule has 1 saturated heterocycles. The lowest BCUT2D eigenvalue weighted by Gasteiger charge is -2.25. The SMILES string of the molecule is CCCOc1cccc(/C(O)=C2/C(=O)C(=O)N(CCC)C2c2ccc(OC(C)C)cc2)c1. The summed E-state index contributed by atoms with van der Waals surface area (Å²) < 4.78 is 11.4. The molecule has 1 amide bonds. The topological polar surface area (TPSA) is 76.1 Å². The molecule has 0 bridgehead atoms. The van der Waals surface area contributed by atoms with Gasteiger partial charge < -0.3 is 19.5 Å². The summed E-state index contributed by atoms with van der Waals surface area (Å²) >= 11 is 0. The predicted octanol–water partition coefficient (Wildman–Crippen LogP) is 5.09. The van der Waals surface area contributed by atoms with E-state index in [1.165, 1.54) is 4.90 Å². The number of carbonyl (C=O) groups excluding carboxylic acids is 2. The number of nitrogens with zero attached hydrogens (tertiary/aromatic N) is 1. The highest BCUT2D eigenvalue weighted by molar-refractivity contribution is 6.46. The van der Waals surface area contributed by atoms with Crippen molar-refractivity contribution < 1.29 is 24.2 Å². The Bertz CT molecular complexity index is 994. The van der Waals surface area contributed by atoms with E-state index in [0.29, 0.717) is 36.6 Å². The fraction of sp³-hybridized carbons (Fsp3) is 0.385. The number of carbonyl (C=O) groups is 2. The Morgan fingerprint density at radius 3 is 2.38 bits per heavy atom. The monoisotopic (exact) mass is 437 g/mol. The van der Waals surface area contributed by atoms with Crippen LogP contribution in [0.4, 0.5) is 0 Å². The molecule has 2 aromatic carbocycles. The van der Waals surface area contributed by atoms with Gasteiger partial charge >= 0.3 is 0 Å². The molecule has 32 heavy (non-hydrogen) atoms. The number of hydrogen-bond donors (Lipinski definition) is 1. The van der Waals surface area contributed by atoms with Gasteiger partial charge in [0.2, 0.25) is 0 Å². The maximum absolute atomic E-state index is 13.0. The number of amides is 1. The number of ether oxygens (including phenoxy) is 2. The van der Waals surface area contributed by atoms with E-state index in [9.17, 15) is 14.7 Å². The van der Waals surface area contributed by atoms with Gasteiger partial charge in [-0.05, 0) is 56.5 Å². The number of aliphatic hydroxyl groups excluding tert-OH is 1. The number of ketones is 1. The van der Waals surface area contributed by atoms with Crippen molar-refractivity contribution >= 4 is 17.4 Å². The highest BCUT2D eigenvalue weighted by Crippen LogP contribution is 2.40. The fourth-order valence-electron chi connectivity index (χ4n) is 3.81. The van der Waals surface area contributed by atoms with Crippen LogP contribution in [0.1, 0.15) is 57.7 Å². The zero-order valence-electron chi connectivity index (χ0n) is 19.1. The zero-order chi connectivity index (χ0) is 23.3. The molecule has 0 spiro atoms. The van der Waals surface area contributed by atoms with Crippen LogP contribution in [0.3, 0.4) is 0 Å². The van der Waals surface area contributed by atoms with Crippen molar-refractivity contribution in [2.24, 2.45) is 0 Å². The summed E-state index contributed by atoms with van der Waals surface area (Å²) in [6, 6.07) is 13.6. The summed E-state index contributed by atoms with van der Waals surface area (Å²) in [7, 11) is 0. The second-order valence-corrected chi connectivity index (χ2v) is 8.10. The van der Waals surface area contributed by atoms with Crippen LogP contribution in [0.15, 0.2) is 54.1 Å². The number of aliphatic hydroxyl groups is 1. The molecule has 1 aliphatic heterocycles. The van der Waals surface area contributed by atoms with E-state index in [1.54, 1.807) is 24.3 Å². The predicted molar refractivity (Wildman–Crippen MR) is 124 cm³/mol. The van der Waals surface area contributed by atoms with E-state index in [-0.39, 0.29) is 17.4 Å². The Morgan fingerprint density at radius 1 is 1.03 bits per heavy atom. The van der Waals surface area contributed by atoms with E-state index >= 15 is 0 Å². The van der Waals surface area contributed by atoms with Crippen molar-refractivity contribution in [3.8, 4) is 11.5 Å². The first kappa shape index (κ1) is 23.4. The van der Waals surface area contributed by atoms with Gasteiger partial charge in [-0.25, -0.2) is 0 Å². The quantitative estimate of drug-likeness (QED) is 0.336. The van der Waals surface area contributed by atoms with Crippen molar-refractivity contribution in [3.05, 3.63) is 65.2 Å². The molecule has 0 radical (unpaired) electrons. The highest BCUT2D eigenvalue weighted by atomic mass is 16.5. The normalized spacial score (nSPS) is 17.8. The van der Waals surface area contributed by atoms with Crippen molar-refractivity contribution in [1.29, 1.82) is 0 Å². The Hall–Kier alpha value is -3.28. The van der Waals surface area contributed by atoms with Crippen LogP contribution in [0.25, 0.3) is 5.76 Å². The lowest BCUT2D eigenvalue weighted by atomic mass is 9.95. The van der Waals surface area contributed by atoms with Gasteiger partial charge in [0, 0.05) is 12.1 Å². The number of rotatable bonds is 9. The Morgan fingerprint density at radius 2 is 1.75 bits per heavy atom. The first-order valence-corrected chi connectivity index (χ1v) is 11.2. The van der Waals surface area contributed by atoms with Gasteiger partial charge in [-0.2, -0.15) is 0 Å². The smallest absolute Gasteiger partial charge is 0.295 e. The Kier molecular flexibility index (Phi) is 7.57. The molecule has 3 rings (SSSR count). The molecule has 1 heterocycles. The van der Waals surface area contributed by atoms with Crippen molar-refractivity contribution in [3.63, 3.8) is 0 Å². The molecule has 6 heteroatoms. The average molecular weight is 438 g/mol. The standard InChI is InChI=1S/C26H31NO5/c1-5-14-27-23(18-10-12-20(13-11-18)32-17(3)4)22(25(29)26(27)30)24(28)19-8-7-9-21(16-19)31-15-6-2/h7-13,16-17,23,28H,5-6,14-15H2,1-4H3/b24-22-. The van der Waals surface area contributed by atoms with Crippen LogP contribution in [0.2, 0.25) is 0 Å². The highest BCUT2D eigenvalue weighted by Gasteiger charge is 2.45. The minimum absolute atomic E-state index is 0.0359. The van der Waals surface area contributed by atoms with Crippen LogP contribution >= 0.6 is 0 Å². The van der Waals surface area contributed by atoms with E-state index in [1.807, 2.05) is 52.0 Å². The van der Waals surface area contributed by atoms with Gasteiger partial charge in [-0.1, -0.05) is 38.1 Å². The Labute approximate surface area is 189 Å². The fourth-order valence-corrected chi connectivity index (χ4v) is 3.81. The number of hydrogen-bond acceptors (Lipinski definition) is 5. The Balaban J connectivity index is 2.07. The van der Waals surface area contributed by atoms with Gasteiger partial charge in [0.25, 0.3) is 11.7 Å². The third-order valence-electron chi connectivity index (χ3n) is 5.15. The first-order chi connectivity index (χ1) is 15.4. The van der Waals surface area contributed by atoms with Gasteiger partial charge in [0.15, 0.2) is 0 Å². The van der Waals surface area contributed by atoms with E-state index in [2.05, 4.69) is 0 Å². The minimum Gasteiger partial charge on any atom is -0.507 e. The van der Waals surface area contributed by atoms with E-state index < -0.39 is 17.7 Å². The molecular weight excluding hydrogens is 406 g/mol. The molecule has 0 aromatic heterocycles. The summed E-state index contributed by atoms with van der Waals surface area (Å²) in [5.74, 6) is -0.165. The van der Waals surface area contributed by atoms with Crippen LogP contribution in [0, 0.1) is 0 Å². The summed E-state index contributed by atoms with van der Waals surface area (Å²) in [4.78, 5) is 27.4. The van der Waals surface area contributed by atoms with Crippen LogP contribution in [-0.2, 0) is 9.59 Å². The van der Waals surface area contributed by atoms with Crippen molar-refractivity contribution in [2.45, 2.75) is 52.7 Å². The number of likely N-dealkylation sites (tertiary alicyclic amines) is 1. The molecule has 170 valence electrons. The molecule has 0 aliphatic carbocycles. The first-order valence-electron chi connectivity index (χ1n) is 11.2. The molecule has 1 N–H and O–H groups in total. The second-order valence-electron chi connectivity index (χ2n) is 8.10. The lowest BCUT2D eigenvalue weighted by Crippen LogP contribution is -2.30. The van der Waals surface area contributed by atoms with Crippen LogP contribution in [-0.4, -0.2) is 41.0 Å². The minimum atomic E-state index is -0.677. The van der Waals surface area contributed by atoms with Gasteiger partial charge in [-0.15, -0.1) is 0 Å². The molecule has 2 aromatic rings. The van der Waals surface area contributed by atoms with Crippen molar-refractivity contribution in [2.75, 3.05) is 13.2 Å². The molecule has 1 aliphatic rings. The second kappa shape index (κ2) is 10.4. The van der Waals surface area contributed by atoms with Crippen LogP contribution in [0.5, 0.6) is 11.5 Å². The van der Waals surface area contributed by atoms with Gasteiger partial charge in [-0.3, -0.25) is 9.59 Å². The van der Waals surface area contributed by atoms with Gasteiger partial charge in [0.05, 0.1) is 24.3 Å². The zero-order valence-corrected chi connectivity index (χ0v) is 19.1. The maximum atomic E-state index is 13.0. The average Bonchev–Trinajstić information content (AvgIpc) is 3.03. The maximum Gasteiger partial charge on any atom is 0.295 e. The largest absolute Gasteiger partial charge is 0.507 e. The molecule has 0 saturated carbocycles. The number of Topliss-reactive ketones (excluding diaryl/α,β-unsaturated/α-hetero) is 1. The molecular formula is C26H31NO5. The third kappa shape index (κ3) is 4.96. The summed E-state index contributed by atoms with van der Waals surface area (Å²) in [5, 5.41) is 11.1. The van der Waals surface area contributed by atoms with Crippen molar-refractivity contribution in [1.82, 2.24) is 4.90 Å². The summed E-state index contributed by atoms with van der Waals surface area (Å²) in [6.07, 6.45) is 1.58. The molecule has 1 unspecified atom stereocenters. The van der Waals surface area contributed by atoms with E-state index in [0.717, 1.165) is 12.0 Å². The molecule has 1 atom stereocenters. The molecule has 1 fully saturated rings. The van der Waals surface area contributed by atoms with E-state index in [4.69, 9.17) is 9.47 Å². The lowest BCUT2D eigenvalue weighted by molar-refractivity contribution is -0.139. The summed E-state index contributed by atoms with van der Waals surface area (Å²) in [6.45, 7) is 8.82. The van der Waals surface area contributed by atoms with Gasteiger partial charge in [0.1, 0.15) is 17.3 Å².